The van der Waals surface area contributed by atoms with Crippen LogP contribution in [-0.2, 0) is 9.84 Å². The smallest absolute Gasteiger partial charge is 0.175 e. The van der Waals surface area contributed by atoms with Crippen molar-refractivity contribution in [2.45, 2.75) is 24.3 Å². The molecule has 1 atom stereocenters. The van der Waals surface area contributed by atoms with E-state index in [1.165, 1.54) is 6.26 Å². The zero-order valence-corrected chi connectivity index (χ0v) is 15.8. The lowest BCUT2D eigenvalue weighted by Gasteiger charge is -2.08. The van der Waals surface area contributed by atoms with E-state index in [1.807, 2.05) is 12.1 Å². The van der Waals surface area contributed by atoms with E-state index in [1.54, 1.807) is 43.6 Å². The standard InChI is InChI=1S/C20H19N3O3S/c1-14(24)4-3-5-19-18-12-20(22-13-15(18)10-11-21-19)23-16-6-8-17(9-7-16)27(2,25)26/h6-14,24H,4H2,1-2H3,(H,22,23). The molecule has 1 aromatic carbocycles. The first-order valence-corrected chi connectivity index (χ1v) is 10.2. The molecule has 0 fully saturated rings. The number of nitrogens with zero attached hydrogens (tertiary/aromatic N) is 2. The number of aliphatic hydroxyl groups excluding tert-OH is 1. The molecule has 0 spiro atoms. The van der Waals surface area contributed by atoms with Gasteiger partial charge in [-0.3, -0.25) is 0 Å². The van der Waals surface area contributed by atoms with Crippen molar-refractivity contribution in [2.24, 2.45) is 0 Å². The van der Waals surface area contributed by atoms with Crippen LogP contribution >= 0.6 is 0 Å². The lowest BCUT2D eigenvalue weighted by atomic mass is 10.1. The number of aliphatic hydroxyl groups is 1. The van der Waals surface area contributed by atoms with E-state index in [0.717, 1.165) is 16.5 Å². The highest BCUT2D eigenvalue weighted by molar-refractivity contribution is 7.90. The second-order valence-electron chi connectivity index (χ2n) is 6.23. The summed E-state index contributed by atoms with van der Waals surface area (Å²) in [5.74, 6) is 6.51. The van der Waals surface area contributed by atoms with Crippen molar-refractivity contribution in [1.29, 1.82) is 0 Å². The molecule has 0 bridgehead atoms. The maximum atomic E-state index is 11.5. The Morgan fingerprint density at radius 1 is 1.19 bits per heavy atom. The first-order valence-electron chi connectivity index (χ1n) is 8.32. The summed E-state index contributed by atoms with van der Waals surface area (Å²) in [5.41, 5.74) is 1.34. The molecule has 3 aromatic rings. The molecular weight excluding hydrogens is 362 g/mol. The average Bonchev–Trinajstić information content (AvgIpc) is 2.61. The first kappa shape index (κ1) is 18.8. The Morgan fingerprint density at radius 3 is 2.59 bits per heavy atom. The van der Waals surface area contributed by atoms with Gasteiger partial charge in [-0.15, -0.1) is 0 Å². The summed E-state index contributed by atoms with van der Waals surface area (Å²) in [4.78, 5) is 8.95. The predicted molar refractivity (Wildman–Crippen MR) is 106 cm³/mol. The number of nitrogens with one attached hydrogen (secondary N) is 1. The normalized spacial score (nSPS) is 12.3. The Morgan fingerprint density at radius 2 is 1.93 bits per heavy atom. The number of rotatable bonds is 4. The summed E-state index contributed by atoms with van der Waals surface area (Å²) < 4.78 is 23.1. The lowest BCUT2D eigenvalue weighted by Crippen LogP contribution is -1.98. The van der Waals surface area contributed by atoms with E-state index >= 15 is 0 Å². The first-order chi connectivity index (χ1) is 12.8. The highest BCUT2D eigenvalue weighted by atomic mass is 32.2. The third-order valence-electron chi connectivity index (χ3n) is 3.81. The van der Waals surface area contributed by atoms with E-state index < -0.39 is 15.9 Å². The van der Waals surface area contributed by atoms with Crippen molar-refractivity contribution in [3.8, 4) is 11.8 Å². The largest absolute Gasteiger partial charge is 0.392 e. The fourth-order valence-corrected chi connectivity index (χ4v) is 3.08. The van der Waals surface area contributed by atoms with Gasteiger partial charge in [-0.25, -0.2) is 18.4 Å². The number of aromatic nitrogens is 2. The van der Waals surface area contributed by atoms with Crippen LogP contribution in [0.2, 0.25) is 0 Å². The fourth-order valence-electron chi connectivity index (χ4n) is 2.45. The molecule has 0 aliphatic carbocycles. The van der Waals surface area contributed by atoms with Crippen LogP contribution in [0.3, 0.4) is 0 Å². The molecule has 3 rings (SSSR count). The Kier molecular flexibility index (Phi) is 5.40. The zero-order chi connectivity index (χ0) is 19.4. The molecule has 2 aromatic heterocycles. The number of hydrogen-bond acceptors (Lipinski definition) is 6. The average molecular weight is 381 g/mol. The highest BCUT2D eigenvalue weighted by Crippen LogP contribution is 2.22. The second-order valence-corrected chi connectivity index (χ2v) is 8.24. The van der Waals surface area contributed by atoms with Crippen LogP contribution in [-0.4, -0.2) is 35.9 Å². The summed E-state index contributed by atoms with van der Waals surface area (Å²) in [6, 6.07) is 10.2. The van der Waals surface area contributed by atoms with E-state index in [2.05, 4.69) is 27.1 Å². The van der Waals surface area contributed by atoms with Crippen LogP contribution in [0.25, 0.3) is 10.8 Å². The lowest BCUT2D eigenvalue weighted by molar-refractivity contribution is 0.201. The molecular formula is C20H19N3O3S. The summed E-state index contributed by atoms with van der Waals surface area (Å²) in [6.45, 7) is 1.69. The van der Waals surface area contributed by atoms with Gasteiger partial charge in [0, 0.05) is 41.5 Å². The molecule has 0 radical (unpaired) electrons. The maximum absolute atomic E-state index is 11.5. The van der Waals surface area contributed by atoms with E-state index in [4.69, 9.17) is 0 Å². The van der Waals surface area contributed by atoms with Crippen LogP contribution in [0.4, 0.5) is 11.5 Å². The Bertz CT molecular complexity index is 1130. The van der Waals surface area contributed by atoms with Gasteiger partial charge < -0.3 is 10.4 Å². The van der Waals surface area contributed by atoms with Crippen LogP contribution in [0.15, 0.2) is 53.7 Å². The monoisotopic (exact) mass is 381 g/mol. The predicted octanol–water partition coefficient (Wildman–Crippen LogP) is 2.90. The van der Waals surface area contributed by atoms with Crippen LogP contribution in [0.5, 0.6) is 0 Å². The minimum absolute atomic E-state index is 0.263. The third-order valence-corrected chi connectivity index (χ3v) is 4.94. The summed E-state index contributed by atoms with van der Waals surface area (Å²) in [7, 11) is -3.23. The molecule has 2 heterocycles. The molecule has 7 heteroatoms. The number of benzene rings is 1. The number of anilines is 2. The number of pyridine rings is 2. The second kappa shape index (κ2) is 7.74. The van der Waals surface area contributed by atoms with Gasteiger partial charge in [0.05, 0.1) is 11.0 Å². The SMILES string of the molecule is CC(O)CC#Cc1nccc2cnc(Nc3ccc(S(C)(=O)=O)cc3)cc12. The maximum Gasteiger partial charge on any atom is 0.175 e. The zero-order valence-electron chi connectivity index (χ0n) is 15.0. The van der Waals surface area contributed by atoms with E-state index in [0.29, 0.717) is 17.9 Å². The molecule has 0 amide bonds. The van der Waals surface area contributed by atoms with Crippen molar-refractivity contribution in [2.75, 3.05) is 11.6 Å². The van der Waals surface area contributed by atoms with Gasteiger partial charge in [-0.2, -0.15) is 0 Å². The molecule has 0 saturated carbocycles. The number of hydrogen-bond donors (Lipinski definition) is 2. The van der Waals surface area contributed by atoms with E-state index in [-0.39, 0.29) is 4.90 Å². The van der Waals surface area contributed by atoms with Crippen molar-refractivity contribution < 1.29 is 13.5 Å². The summed E-state index contributed by atoms with van der Waals surface area (Å²) in [5, 5.41) is 14.3. The van der Waals surface area contributed by atoms with Crippen molar-refractivity contribution in [3.05, 3.63) is 54.5 Å². The molecule has 6 nitrogen and oxygen atoms in total. The molecule has 0 aliphatic heterocycles. The Labute approximate surface area is 158 Å². The molecule has 27 heavy (non-hydrogen) atoms. The highest BCUT2D eigenvalue weighted by Gasteiger charge is 2.07. The molecule has 2 N–H and O–H groups in total. The number of fused-ring (bicyclic) bond motifs is 1. The third kappa shape index (κ3) is 4.82. The van der Waals surface area contributed by atoms with Gasteiger partial charge in [-0.1, -0.05) is 5.92 Å². The molecule has 138 valence electrons. The van der Waals surface area contributed by atoms with Gasteiger partial charge in [0.25, 0.3) is 0 Å². The van der Waals surface area contributed by atoms with Gasteiger partial charge in [0.2, 0.25) is 0 Å². The van der Waals surface area contributed by atoms with E-state index in [9.17, 15) is 13.5 Å². The summed E-state index contributed by atoms with van der Waals surface area (Å²) in [6.07, 6.45) is 4.47. The van der Waals surface area contributed by atoms with Gasteiger partial charge in [0.15, 0.2) is 9.84 Å². The minimum atomic E-state index is -3.23. The van der Waals surface area contributed by atoms with Crippen LogP contribution in [0.1, 0.15) is 19.0 Å². The van der Waals surface area contributed by atoms with Crippen LogP contribution in [0, 0.1) is 11.8 Å². The fraction of sp³-hybridized carbons (Fsp3) is 0.200. The summed E-state index contributed by atoms with van der Waals surface area (Å²) >= 11 is 0. The number of sulfone groups is 1. The molecule has 1 unspecified atom stereocenters. The minimum Gasteiger partial charge on any atom is -0.392 e. The van der Waals surface area contributed by atoms with Gasteiger partial charge in [0.1, 0.15) is 11.5 Å². The Hall–Kier alpha value is -2.95. The molecule has 0 saturated heterocycles. The van der Waals surface area contributed by atoms with Gasteiger partial charge in [-0.05, 0) is 49.2 Å². The van der Waals surface area contributed by atoms with Crippen molar-refractivity contribution >= 4 is 32.1 Å². The quantitative estimate of drug-likeness (QED) is 0.675. The topological polar surface area (TPSA) is 92.2 Å². The Balaban J connectivity index is 1.90. The van der Waals surface area contributed by atoms with Gasteiger partial charge >= 0.3 is 0 Å². The van der Waals surface area contributed by atoms with Crippen molar-refractivity contribution in [3.63, 3.8) is 0 Å². The van der Waals surface area contributed by atoms with Crippen molar-refractivity contribution in [1.82, 2.24) is 9.97 Å². The molecule has 0 aliphatic rings. The van der Waals surface area contributed by atoms with Crippen LogP contribution < -0.4 is 5.32 Å².